The number of phenols is 2. The Balaban J connectivity index is 0.000000705. The predicted molar refractivity (Wildman–Crippen MR) is 106 cm³/mol. The van der Waals surface area contributed by atoms with E-state index in [4.69, 9.17) is 57.9 Å². The third-order valence-electron chi connectivity index (χ3n) is 3.64. The van der Waals surface area contributed by atoms with Crippen LogP contribution in [0.1, 0.15) is 25.0 Å². The van der Waals surface area contributed by atoms with Crippen LogP contribution in [0.3, 0.4) is 0 Å². The second-order valence-electron chi connectivity index (χ2n) is 5.78. The zero-order valence-corrected chi connectivity index (χ0v) is 16.8. The molecule has 0 saturated carbocycles. The van der Waals surface area contributed by atoms with E-state index in [1.54, 1.807) is 24.3 Å². The molecule has 0 aliphatic carbocycles. The Hall–Kier alpha value is -0.880. The monoisotopic (exact) mass is 424 g/mol. The molecule has 0 fully saturated rings. The predicted octanol–water partition coefficient (Wildman–Crippen LogP) is 4.94. The third kappa shape index (κ3) is 5.30. The summed E-state index contributed by atoms with van der Waals surface area (Å²) in [6.45, 7) is 5.07. The summed E-state index contributed by atoms with van der Waals surface area (Å²) >= 11 is 23.9. The van der Waals surface area contributed by atoms with Gasteiger partial charge in [-0.3, -0.25) is 0 Å². The fourth-order valence-corrected chi connectivity index (χ4v) is 2.99. The highest BCUT2D eigenvalue weighted by atomic mass is 35.5. The lowest BCUT2D eigenvalue weighted by molar-refractivity contribution is 0.474. The maximum Gasteiger partial charge on any atom is 0.152 e. The molecule has 0 aliphatic heterocycles. The van der Waals surface area contributed by atoms with Gasteiger partial charge < -0.3 is 21.7 Å². The molecule has 0 aliphatic rings. The first-order valence-electron chi connectivity index (χ1n) is 7.33. The van der Waals surface area contributed by atoms with Gasteiger partial charge in [0.1, 0.15) is 0 Å². The van der Waals surface area contributed by atoms with Crippen LogP contribution >= 0.6 is 46.4 Å². The lowest BCUT2D eigenvalue weighted by Crippen LogP contribution is -2.19. The van der Waals surface area contributed by atoms with Crippen molar-refractivity contribution in [2.75, 3.05) is 13.1 Å². The molecule has 0 amide bonds. The highest BCUT2D eigenvalue weighted by Crippen LogP contribution is 2.42. The van der Waals surface area contributed by atoms with Gasteiger partial charge in [-0.1, -0.05) is 60.3 Å². The molecular weight excluding hydrogens is 406 g/mol. The van der Waals surface area contributed by atoms with Gasteiger partial charge >= 0.3 is 0 Å². The van der Waals surface area contributed by atoms with E-state index in [-0.39, 0.29) is 31.6 Å². The van der Waals surface area contributed by atoms with Crippen LogP contribution in [-0.4, -0.2) is 23.3 Å². The van der Waals surface area contributed by atoms with Crippen molar-refractivity contribution < 1.29 is 10.2 Å². The third-order valence-corrected chi connectivity index (χ3v) is 4.80. The molecule has 0 saturated heterocycles. The van der Waals surface area contributed by atoms with Crippen molar-refractivity contribution in [1.29, 1.82) is 0 Å². The average molecular weight is 426 g/mol. The Morgan fingerprint density at radius 1 is 0.720 bits per heavy atom. The molecule has 0 radical (unpaired) electrons. The molecule has 0 spiro atoms. The standard InChI is InChI=1S/C15H12Cl4O2.C2H8N2/c1-15(2,7-3-9(16)13(20)10(17)4-7)8-5-11(18)14(21)12(19)6-8;3-1-2-4/h3-6,20-21H,1-2H3;1-4H2. The van der Waals surface area contributed by atoms with Crippen LogP contribution in [0.25, 0.3) is 0 Å². The van der Waals surface area contributed by atoms with Crippen molar-refractivity contribution in [3.05, 3.63) is 55.5 Å². The molecule has 4 nitrogen and oxygen atoms in total. The second-order valence-corrected chi connectivity index (χ2v) is 7.41. The minimum atomic E-state index is -0.526. The van der Waals surface area contributed by atoms with Gasteiger partial charge in [-0.15, -0.1) is 0 Å². The van der Waals surface area contributed by atoms with Crippen LogP contribution in [0.15, 0.2) is 24.3 Å². The molecule has 6 N–H and O–H groups in total. The Morgan fingerprint density at radius 2 is 0.960 bits per heavy atom. The van der Waals surface area contributed by atoms with E-state index in [0.29, 0.717) is 13.1 Å². The number of hydrogen-bond donors (Lipinski definition) is 4. The van der Waals surface area contributed by atoms with Crippen LogP contribution in [-0.2, 0) is 5.41 Å². The van der Waals surface area contributed by atoms with Crippen LogP contribution in [0.2, 0.25) is 20.1 Å². The average Bonchev–Trinajstić information content (AvgIpc) is 2.56. The quantitative estimate of drug-likeness (QED) is 0.560. The second kappa shape index (κ2) is 9.17. The first-order valence-corrected chi connectivity index (χ1v) is 8.84. The molecule has 2 rings (SSSR count). The van der Waals surface area contributed by atoms with E-state index in [2.05, 4.69) is 0 Å². The van der Waals surface area contributed by atoms with Crippen molar-refractivity contribution in [3.63, 3.8) is 0 Å². The molecule has 2 aromatic rings. The molecule has 8 heteroatoms. The number of phenolic OH excluding ortho intramolecular Hbond substituents is 2. The summed E-state index contributed by atoms with van der Waals surface area (Å²) in [5, 5.41) is 20.0. The molecule has 0 atom stereocenters. The van der Waals surface area contributed by atoms with E-state index < -0.39 is 5.41 Å². The van der Waals surface area contributed by atoms with Gasteiger partial charge in [0, 0.05) is 18.5 Å². The van der Waals surface area contributed by atoms with Gasteiger partial charge in [-0.2, -0.15) is 0 Å². The Bertz CT molecular complexity index is 644. The lowest BCUT2D eigenvalue weighted by atomic mass is 9.78. The number of halogens is 4. The van der Waals surface area contributed by atoms with Crippen molar-refractivity contribution in [3.8, 4) is 11.5 Å². The summed E-state index contributed by atoms with van der Waals surface area (Å²) in [5.74, 6) is -0.306. The minimum Gasteiger partial charge on any atom is -0.505 e. The zero-order valence-electron chi connectivity index (χ0n) is 13.8. The molecule has 138 valence electrons. The Labute approximate surface area is 167 Å². The first kappa shape index (κ1) is 22.2. The van der Waals surface area contributed by atoms with Gasteiger partial charge in [-0.25, -0.2) is 0 Å². The Kier molecular flexibility index (Phi) is 8.13. The van der Waals surface area contributed by atoms with E-state index in [9.17, 15) is 10.2 Å². The van der Waals surface area contributed by atoms with Gasteiger partial charge in [0.15, 0.2) is 11.5 Å². The van der Waals surface area contributed by atoms with Crippen molar-refractivity contribution in [2.45, 2.75) is 19.3 Å². The van der Waals surface area contributed by atoms with Crippen LogP contribution < -0.4 is 11.5 Å². The highest BCUT2D eigenvalue weighted by Gasteiger charge is 2.27. The van der Waals surface area contributed by atoms with Crippen LogP contribution in [0, 0.1) is 0 Å². The molecule has 2 aromatic carbocycles. The normalized spacial score (nSPS) is 11.0. The zero-order chi connectivity index (χ0) is 19.4. The van der Waals surface area contributed by atoms with Crippen molar-refractivity contribution in [1.82, 2.24) is 0 Å². The van der Waals surface area contributed by atoms with Gasteiger partial charge in [0.2, 0.25) is 0 Å². The van der Waals surface area contributed by atoms with Crippen LogP contribution in [0.4, 0.5) is 0 Å². The summed E-state index contributed by atoms with van der Waals surface area (Å²) in [6, 6.07) is 6.55. The van der Waals surface area contributed by atoms with Crippen molar-refractivity contribution in [2.24, 2.45) is 11.5 Å². The summed E-state index contributed by atoms with van der Waals surface area (Å²) in [7, 11) is 0. The highest BCUT2D eigenvalue weighted by molar-refractivity contribution is 6.37. The summed E-state index contributed by atoms with van der Waals surface area (Å²) in [4.78, 5) is 0. The largest absolute Gasteiger partial charge is 0.505 e. The molecule has 0 unspecified atom stereocenters. The van der Waals surface area contributed by atoms with E-state index in [0.717, 1.165) is 11.1 Å². The molecule has 0 bridgehead atoms. The molecular formula is C17H20Cl4N2O2. The smallest absolute Gasteiger partial charge is 0.152 e. The molecule has 0 heterocycles. The summed E-state index contributed by atoms with van der Waals surface area (Å²) in [5.41, 5.74) is 10.9. The maximum absolute atomic E-state index is 9.65. The number of nitrogens with two attached hydrogens (primary N) is 2. The SMILES string of the molecule is CC(C)(c1cc(Cl)c(O)c(Cl)c1)c1cc(Cl)c(O)c(Cl)c1.NCCN. The first-order chi connectivity index (χ1) is 11.6. The van der Waals surface area contributed by atoms with Gasteiger partial charge in [0.25, 0.3) is 0 Å². The fourth-order valence-electron chi connectivity index (χ4n) is 2.02. The Morgan fingerprint density at radius 3 is 1.16 bits per heavy atom. The topological polar surface area (TPSA) is 92.5 Å². The molecule has 0 aromatic heterocycles. The maximum atomic E-state index is 9.65. The summed E-state index contributed by atoms with van der Waals surface area (Å²) < 4.78 is 0. The number of benzene rings is 2. The fraction of sp³-hybridized carbons (Fsp3) is 0.294. The van der Waals surface area contributed by atoms with E-state index in [1.807, 2.05) is 13.8 Å². The van der Waals surface area contributed by atoms with Crippen LogP contribution in [0.5, 0.6) is 11.5 Å². The summed E-state index contributed by atoms with van der Waals surface area (Å²) in [6.07, 6.45) is 0. The number of aromatic hydroxyl groups is 2. The van der Waals surface area contributed by atoms with E-state index >= 15 is 0 Å². The minimum absolute atomic E-state index is 0.153. The number of rotatable bonds is 3. The van der Waals surface area contributed by atoms with E-state index in [1.165, 1.54) is 0 Å². The van der Waals surface area contributed by atoms with Crippen molar-refractivity contribution >= 4 is 46.4 Å². The lowest BCUT2D eigenvalue weighted by Gasteiger charge is -2.27. The number of hydrogen-bond acceptors (Lipinski definition) is 4. The van der Waals surface area contributed by atoms with Gasteiger partial charge in [-0.05, 0) is 35.4 Å². The van der Waals surface area contributed by atoms with Gasteiger partial charge in [0.05, 0.1) is 20.1 Å². The molecule has 25 heavy (non-hydrogen) atoms.